The van der Waals surface area contributed by atoms with Gasteiger partial charge in [-0.2, -0.15) is 0 Å². The van der Waals surface area contributed by atoms with Gasteiger partial charge >= 0.3 is 0 Å². The van der Waals surface area contributed by atoms with Gasteiger partial charge in [-0.3, -0.25) is 4.90 Å². The van der Waals surface area contributed by atoms with Crippen LogP contribution in [-0.2, 0) is 4.74 Å². The Morgan fingerprint density at radius 1 is 1.20 bits per heavy atom. The number of hydrogen-bond donors (Lipinski definition) is 1. The Kier molecular flexibility index (Phi) is 4.13. The van der Waals surface area contributed by atoms with E-state index in [9.17, 15) is 0 Å². The number of ether oxygens (including phenoxy) is 1. The maximum absolute atomic E-state index is 5.61. The van der Waals surface area contributed by atoms with Crippen LogP contribution >= 0.6 is 0 Å². The lowest BCUT2D eigenvalue weighted by molar-refractivity contribution is -0.0132. The first kappa shape index (κ1) is 14.8. The highest BCUT2D eigenvalue weighted by molar-refractivity contribution is 5.09. The van der Waals surface area contributed by atoms with E-state index in [1.165, 1.54) is 51.7 Å². The maximum atomic E-state index is 5.61. The molecule has 0 aromatic carbocycles. The average Bonchev–Trinajstić information content (AvgIpc) is 3.21. The van der Waals surface area contributed by atoms with Crippen LogP contribution in [0.25, 0.3) is 0 Å². The third-order valence-corrected chi connectivity index (χ3v) is 6.35. The normalized spacial score (nSPS) is 38.2. The van der Waals surface area contributed by atoms with Gasteiger partial charge in [-0.05, 0) is 50.9 Å². The molecule has 2 heterocycles. The van der Waals surface area contributed by atoms with Gasteiger partial charge in [0.2, 0.25) is 0 Å². The Hall–Kier alpha value is -0.120. The van der Waals surface area contributed by atoms with E-state index >= 15 is 0 Å². The molecule has 0 aromatic heterocycles. The molecule has 0 bridgehead atoms. The van der Waals surface area contributed by atoms with Crippen molar-refractivity contribution in [1.29, 1.82) is 0 Å². The predicted molar refractivity (Wildman–Crippen MR) is 82.9 cm³/mol. The minimum atomic E-state index is 0.341. The minimum absolute atomic E-state index is 0.341. The van der Waals surface area contributed by atoms with E-state index in [4.69, 9.17) is 4.74 Å². The molecule has 0 amide bonds. The molecule has 2 saturated heterocycles. The number of hydrogen-bond acceptors (Lipinski definition) is 3. The van der Waals surface area contributed by atoms with Crippen LogP contribution < -0.4 is 5.32 Å². The van der Waals surface area contributed by atoms with Crippen LogP contribution in [0.15, 0.2) is 0 Å². The van der Waals surface area contributed by atoms with Gasteiger partial charge in [-0.25, -0.2) is 0 Å². The van der Waals surface area contributed by atoms with Crippen molar-refractivity contribution in [2.75, 3.05) is 32.8 Å². The van der Waals surface area contributed by atoms with E-state index in [0.29, 0.717) is 11.1 Å². The molecule has 3 fully saturated rings. The molecule has 1 N–H and O–H groups in total. The fourth-order valence-electron chi connectivity index (χ4n) is 4.22. The summed E-state index contributed by atoms with van der Waals surface area (Å²) >= 11 is 0. The topological polar surface area (TPSA) is 24.5 Å². The van der Waals surface area contributed by atoms with Crippen molar-refractivity contribution in [3.63, 3.8) is 0 Å². The second-order valence-corrected chi connectivity index (χ2v) is 7.58. The van der Waals surface area contributed by atoms with Crippen molar-refractivity contribution < 1.29 is 4.74 Å². The van der Waals surface area contributed by atoms with E-state index in [0.717, 1.165) is 25.0 Å². The van der Waals surface area contributed by atoms with Crippen LogP contribution in [0.5, 0.6) is 0 Å². The van der Waals surface area contributed by atoms with Gasteiger partial charge in [0.25, 0.3) is 0 Å². The van der Waals surface area contributed by atoms with E-state index < -0.39 is 0 Å². The van der Waals surface area contributed by atoms with Gasteiger partial charge in [0.15, 0.2) is 0 Å². The zero-order chi connectivity index (χ0) is 14.2. The number of rotatable bonds is 5. The molecule has 3 rings (SSSR count). The van der Waals surface area contributed by atoms with Gasteiger partial charge in [0.1, 0.15) is 0 Å². The SMILES string of the molecule is CCC1(CC)CN(CC2CCOC2)C(C)(C2CC2)CN1. The molecule has 3 heteroatoms. The van der Waals surface area contributed by atoms with Crippen molar-refractivity contribution in [2.24, 2.45) is 11.8 Å². The number of nitrogens with one attached hydrogen (secondary N) is 1. The molecule has 2 unspecified atom stereocenters. The smallest absolute Gasteiger partial charge is 0.0507 e. The van der Waals surface area contributed by atoms with E-state index in [1.807, 2.05) is 0 Å². The van der Waals surface area contributed by atoms with Crippen molar-refractivity contribution >= 4 is 0 Å². The fraction of sp³-hybridized carbons (Fsp3) is 1.00. The minimum Gasteiger partial charge on any atom is -0.381 e. The highest BCUT2D eigenvalue weighted by Crippen LogP contribution is 2.45. The molecule has 3 aliphatic rings. The molecule has 1 aliphatic carbocycles. The second kappa shape index (κ2) is 5.58. The highest BCUT2D eigenvalue weighted by Gasteiger charge is 2.51. The van der Waals surface area contributed by atoms with Crippen molar-refractivity contribution in [2.45, 2.75) is 64.0 Å². The average molecular weight is 280 g/mol. The quantitative estimate of drug-likeness (QED) is 0.838. The predicted octanol–water partition coefficient (Wildman–Crippen LogP) is 2.66. The first-order valence-corrected chi connectivity index (χ1v) is 8.70. The summed E-state index contributed by atoms with van der Waals surface area (Å²) in [5.74, 6) is 1.68. The third kappa shape index (κ3) is 2.65. The summed E-state index contributed by atoms with van der Waals surface area (Å²) in [6.45, 7) is 12.8. The first-order valence-electron chi connectivity index (χ1n) is 8.70. The molecule has 2 aliphatic heterocycles. The maximum Gasteiger partial charge on any atom is 0.0507 e. The van der Waals surface area contributed by atoms with Crippen molar-refractivity contribution in [3.8, 4) is 0 Å². The highest BCUT2D eigenvalue weighted by atomic mass is 16.5. The monoisotopic (exact) mass is 280 g/mol. The molecule has 2 atom stereocenters. The van der Waals surface area contributed by atoms with Crippen LogP contribution in [0.4, 0.5) is 0 Å². The molecule has 0 aromatic rings. The standard InChI is InChI=1S/C17H32N2O/c1-4-17(5-2)13-19(10-14-8-9-20-11-14)16(3,12-18-17)15-6-7-15/h14-15,18H,4-13H2,1-3H3. The first-order chi connectivity index (χ1) is 9.62. The largest absolute Gasteiger partial charge is 0.381 e. The Morgan fingerprint density at radius 3 is 2.50 bits per heavy atom. The Morgan fingerprint density at radius 2 is 1.95 bits per heavy atom. The van der Waals surface area contributed by atoms with E-state index in [-0.39, 0.29) is 0 Å². The zero-order valence-electron chi connectivity index (χ0n) is 13.6. The van der Waals surface area contributed by atoms with Crippen LogP contribution in [0.1, 0.15) is 52.9 Å². The summed E-state index contributed by atoms with van der Waals surface area (Å²) in [6.07, 6.45) is 6.60. The van der Waals surface area contributed by atoms with Gasteiger partial charge in [-0.1, -0.05) is 13.8 Å². The van der Waals surface area contributed by atoms with E-state index in [2.05, 4.69) is 31.0 Å². The van der Waals surface area contributed by atoms with Crippen LogP contribution in [-0.4, -0.2) is 48.8 Å². The third-order valence-electron chi connectivity index (χ3n) is 6.35. The van der Waals surface area contributed by atoms with Gasteiger partial charge in [0.05, 0.1) is 6.61 Å². The number of piperazine rings is 1. The van der Waals surface area contributed by atoms with Crippen molar-refractivity contribution in [3.05, 3.63) is 0 Å². The molecule has 116 valence electrons. The molecule has 0 radical (unpaired) electrons. The van der Waals surface area contributed by atoms with Gasteiger partial charge in [-0.15, -0.1) is 0 Å². The fourth-order valence-corrected chi connectivity index (χ4v) is 4.22. The van der Waals surface area contributed by atoms with Crippen LogP contribution in [0.3, 0.4) is 0 Å². The molecule has 0 spiro atoms. The Balaban J connectivity index is 1.74. The number of nitrogens with zero attached hydrogens (tertiary/aromatic N) is 1. The summed E-state index contributed by atoms with van der Waals surface area (Å²) in [7, 11) is 0. The van der Waals surface area contributed by atoms with Crippen LogP contribution in [0, 0.1) is 11.8 Å². The summed E-state index contributed by atoms with van der Waals surface area (Å²) in [5, 5.41) is 3.93. The second-order valence-electron chi connectivity index (χ2n) is 7.58. The van der Waals surface area contributed by atoms with Crippen LogP contribution in [0.2, 0.25) is 0 Å². The van der Waals surface area contributed by atoms with E-state index in [1.54, 1.807) is 0 Å². The lowest BCUT2D eigenvalue weighted by Gasteiger charge is -2.54. The summed E-state index contributed by atoms with van der Waals surface area (Å²) < 4.78 is 5.61. The zero-order valence-corrected chi connectivity index (χ0v) is 13.6. The molecule has 20 heavy (non-hydrogen) atoms. The Labute approximate surface area is 124 Å². The van der Waals surface area contributed by atoms with Gasteiger partial charge in [0, 0.05) is 37.3 Å². The van der Waals surface area contributed by atoms with Crippen molar-refractivity contribution in [1.82, 2.24) is 10.2 Å². The van der Waals surface area contributed by atoms with Gasteiger partial charge < -0.3 is 10.1 Å². The Bertz CT molecular complexity index is 332. The summed E-state index contributed by atoms with van der Waals surface area (Å²) in [6, 6.07) is 0. The molecule has 3 nitrogen and oxygen atoms in total. The summed E-state index contributed by atoms with van der Waals surface area (Å²) in [4.78, 5) is 2.84. The lowest BCUT2D eigenvalue weighted by atomic mass is 9.81. The molecular weight excluding hydrogens is 248 g/mol. The lowest BCUT2D eigenvalue weighted by Crippen LogP contribution is -2.70. The summed E-state index contributed by atoms with van der Waals surface area (Å²) in [5.41, 5.74) is 0.726. The molecule has 1 saturated carbocycles. The molecular formula is C17H32N2O.